The smallest absolute Gasteiger partial charge is 0.270 e. The first-order chi connectivity index (χ1) is 19.1. The molecule has 11 heteroatoms. The number of benzene rings is 3. The first-order valence-corrected chi connectivity index (χ1v) is 13.6. The number of halogens is 1. The molecule has 40 heavy (non-hydrogen) atoms. The zero-order chi connectivity index (χ0) is 28.6. The number of aryl methyl sites for hydroxylation is 1. The molecule has 1 aliphatic heterocycles. The fourth-order valence-corrected chi connectivity index (χ4v) is 5.71. The lowest BCUT2D eigenvalue weighted by Gasteiger charge is -2.29. The van der Waals surface area contributed by atoms with Gasteiger partial charge in [0.05, 0.1) is 10.6 Å². The highest BCUT2D eigenvalue weighted by Gasteiger charge is 2.34. The van der Waals surface area contributed by atoms with Crippen LogP contribution in [0, 0.1) is 24.0 Å². The van der Waals surface area contributed by atoms with E-state index in [9.17, 15) is 19.7 Å². The van der Waals surface area contributed by atoms with Crippen LogP contribution < -0.4 is 10.2 Å². The van der Waals surface area contributed by atoms with Gasteiger partial charge in [-0.15, -0.1) is 0 Å². The molecule has 200 valence electrons. The fourth-order valence-electron chi connectivity index (χ4n) is 4.43. The molecule has 2 heterocycles. The molecule has 1 aromatic heterocycles. The first-order valence-electron chi connectivity index (χ1n) is 12.0. The molecule has 5 rings (SSSR count). The standard InChI is InChI=1S/C29H21ClN4O4S2/c1-17-14-19(15-26-27(35)31-29(39)33(28(26)36)23-5-3-4-20(30)16-23)18(2)32(17)21-6-10-24(11-7-21)40-25-12-8-22(9-13-25)34(37)38/h3-16H,1-2H3,(H,31,35,39)/b26-15+. The summed E-state index contributed by atoms with van der Waals surface area (Å²) in [5.41, 5.74) is 3.88. The van der Waals surface area contributed by atoms with E-state index < -0.39 is 16.7 Å². The van der Waals surface area contributed by atoms with Gasteiger partial charge in [0.25, 0.3) is 17.5 Å². The van der Waals surface area contributed by atoms with E-state index in [2.05, 4.69) is 5.32 Å². The second kappa shape index (κ2) is 11.1. The normalized spacial score (nSPS) is 14.5. The Balaban J connectivity index is 1.41. The number of rotatable bonds is 6. The summed E-state index contributed by atoms with van der Waals surface area (Å²) in [5.74, 6) is -1.10. The van der Waals surface area contributed by atoms with Gasteiger partial charge in [0.1, 0.15) is 5.57 Å². The monoisotopic (exact) mass is 588 g/mol. The second-order valence-electron chi connectivity index (χ2n) is 8.95. The lowest BCUT2D eigenvalue weighted by atomic mass is 10.1. The minimum Gasteiger partial charge on any atom is -0.318 e. The average molecular weight is 589 g/mol. The Bertz CT molecular complexity index is 1710. The third kappa shape index (κ3) is 5.42. The van der Waals surface area contributed by atoms with Gasteiger partial charge < -0.3 is 4.57 Å². The largest absolute Gasteiger partial charge is 0.318 e. The molecule has 3 aromatic carbocycles. The third-order valence-electron chi connectivity index (χ3n) is 6.32. The van der Waals surface area contributed by atoms with Gasteiger partial charge in [-0.3, -0.25) is 29.9 Å². The average Bonchev–Trinajstić information content (AvgIpc) is 3.19. The van der Waals surface area contributed by atoms with E-state index in [1.54, 1.807) is 42.5 Å². The Morgan fingerprint density at radius 1 is 0.950 bits per heavy atom. The summed E-state index contributed by atoms with van der Waals surface area (Å²) in [6, 6.07) is 22.9. The molecule has 0 atom stereocenters. The van der Waals surface area contributed by atoms with Crippen molar-refractivity contribution in [3.05, 3.63) is 117 Å². The molecule has 0 radical (unpaired) electrons. The number of nitrogens with zero attached hydrogens (tertiary/aromatic N) is 3. The lowest BCUT2D eigenvalue weighted by molar-refractivity contribution is -0.384. The van der Waals surface area contributed by atoms with Crippen molar-refractivity contribution in [3.63, 3.8) is 0 Å². The summed E-state index contributed by atoms with van der Waals surface area (Å²) in [5, 5.41) is 13.9. The van der Waals surface area contributed by atoms with Crippen LogP contribution in [0.2, 0.25) is 5.02 Å². The van der Waals surface area contributed by atoms with Crippen molar-refractivity contribution in [3.8, 4) is 5.69 Å². The molecule has 0 unspecified atom stereocenters. The molecule has 4 aromatic rings. The molecule has 0 aliphatic carbocycles. The van der Waals surface area contributed by atoms with Crippen molar-refractivity contribution >= 4 is 70.0 Å². The minimum atomic E-state index is -0.564. The quantitative estimate of drug-likeness (QED) is 0.0891. The second-order valence-corrected chi connectivity index (χ2v) is 10.9. The van der Waals surface area contributed by atoms with Crippen LogP contribution in [-0.2, 0) is 9.59 Å². The van der Waals surface area contributed by atoms with Crippen molar-refractivity contribution in [1.82, 2.24) is 9.88 Å². The molecule has 1 saturated heterocycles. The predicted molar refractivity (Wildman–Crippen MR) is 160 cm³/mol. The molecule has 2 amide bonds. The summed E-state index contributed by atoms with van der Waals surface area (Å²) < 4.78 is 2.04. The fraction of sp³-hybridized carbons (Fsp3) is 0.0690. The molecule has 8 nitrogen and oxygen atoms in total. The van der Waals surface area contributed by atoms with Gasteiger partial charge in [0, 0.05) is 44.0 Å². The highest BCUT2D eigenvalue weighted by atomic mass is 35.5. The predicted octanol–water partition coefficient (Wildman–Crippen LogP) is 6.64. The van der Waals surface area contributed by atoms with Crippen LogP contribution in [0.4, 0.5) is 11.4 Å². The van der Waals surface area contributed by atoms with Crippen LogP contribution in [0.15, 0.2) is 94.2 Å². The lowest BCUT2D eigenvalue weighted by Crippen LogP contribution is -2.54. The van der Waals surface area contributed by atoms with Crippen LogP contribution in [0.1, 0.15) is 17.0 Å². The molecular formula is C29H21ClN4O4S2. The van der Waals surface area contributed by atoms with Gasteiger partial charge in [-0.1, -0.05) is 29.4 Å². The zero-order valence-corrected chi connectivity index (χ0v) is 23.6. The summed E-state index contributed by atoms with van der Waals surface area (Å²) in [6.07, 6.45) is 1.58. The Morgan fingerprint density at radius 3 is 2.23 bits per heavy atom. The van der Waals surface area contributed by atoms with Gasteiger partial charge in [-0.25, -0.2) is 0 Å². The molecule has 1 N–H and O–H groups in total. The first kappa shape index (κ1) is 27.3. The van der Waals surface area contributed by atoms with E-state index in [0.717, 1.165) is 32.4 Å². The summed E-state index contributed by atoms with van der Waals surface area (Å²) >= 11 is 12.9. The highest BCUT2D eigenvalue weighted by molar-refractivity contribution is 7.99. The Kier molecular flexibility index (Phi) is 7.57. The molecule has 0 bridgehead atoms. The topological polar surface area (TPSA) is 97.5 Å². The van der Waals surface area contributed by atoms with Gasteiger partial charge in [-0.05, 0) is 98.4 Å². The number of hydrogen-bond acceptors (Lipinski definition) is 6. The maximum atomic E-state index is 13.4. The molecule has 1 aliphatic rings. The maximum Gasteiger partial charge on any atom is 0.270 e. The summed E-state index contributed by atoms with van der Waals surface area (Å²) in [7, 11) is 0. The van der Waals surface area contributed by atoms with E-state index >= 15 is 0 Å². The number of thiocarbonyl (C=S) groups is 1. The van der Waals surface area contributed by atoms with Crippen LogP contribution in [0.3, 0.4) is 0 Å². The Labute approximate surface area is 244 Å². The van der Waals surface area contributed by atoms with Crippen LogP contribution >= 0.6 is 35.6 Å². The number of amides is 2. The highest BCUT2D eigenvalue weighted by Crippen LogP contribution is 2.31. The molecule has 1 fully saturated rings. The number of aromatic nitrogens is 1. The van der Waals surface area contributed by atoms with E-state index in [1.165, 1.54) is 28.8 Å². The maximum absolute atomic E-state index is 13.4. The van der Waals surface area contributed by atoms with Crippen LogP contribution in [0.25, 0.3) is 11.8 Å². The number of carbonyl (C=O) groups is 2. The summed E-state index contributed by atoms with van der Waals surface area (Å²) in [4.78, 5) is 39.8. The van der Waals surface area contributed by atoms with E-state index in [4.69, 9.17) is 23.8 Å². The molecular weight excluding hydrogens is 568 g/mol. The van der Waals surface area contributed by atoms with Crippen molar-refractivity contribution in [2.45, 2.75) is 23.6 Å². The number of anilines is 1. The van der Waals surface area contributed by atoms with Crippen molar-refractivity contribution in [1.29, 1.82) is 0 Å². The number of nitro groups is 1. The Hall–Kier alpha value is -4.25. The van der Waals surface area contributed by atoms with Crippen LogP contribution in [0.5, 0.6) is 0 Å². The Morgan fingerprint density at radius 2 is 1.60 bits per heavy atom. The number of carbonyl (C=O) groups excluding carboxylic acids is 2. The third-order valence-corrected chi connectivity index (χ3v) is 7.85. The van der Waals surface area contributed by atoms with Gasteiger partial charge in [0.15, 0.2) is 5.11 Å². The number of nitro benzene ring substituents is 1. The van der Waals surface area contributed by atoms with Crippen molar-refractivity contribution < 1.29 is 14.5 Å². The zero-order valence-electron chi connectivity index (χ0n) is 21.3. The minimum absolute atomic E-state index is 0.00780. The van der Waals surface area contributed by atoms with Gasteiger partial charge in [-0.2, -0.15) is 0 Å². The molecule has 0 saturated carbocycles. The summed E-state index contributed by atoms with van der Waals surface area (Å²) in [6.45, 7) is 3.87. The van der Waals surface area contributed by atoms with Gasteiger partial charge >= 0.3 is 0 Å². The molecule has 0 spiro atoms. The van der Waals surface area contributed by atoms with E-state index in [0.29, 0.717) is 10.7 Å². The number of nitrogens with one attached hydrogen (secondary N) is 1. The van der Waals surface area contributed by atoms with Crippen molar-refractivity contribution in [2.24, 2.45) is 0 Å². The number of hydrogen-bond donors (Lipinski definition) is 1. The van der Waals surface area contributed by atoms with Crippen molar-refractivity contribution in [2.75, 3.05) is 4.90 Å². The van der Waals surface area contributed by atoms with E-state index in [-0.39, 0.29) is 16.4 Å². The van der Waals surface area contributed by atoms with Gasteiger partial charge in [0.2, 0.25) is 0 Å². The van der Waals surface area contributed by atoms with Crippen LogP contribution in [-0.4, -0.2) is 26.4 Å². The SMILES string of the molecule is Cc1cc(/C=C2\C(=O)NC(=S)N(c3cccc(Cl)c3)C2=O)c(C)n1-c1ccc(Sc2ccc([N+](=O)[O-])cc2)cc1. The number of non-ortho nitro benzene ring substituents is 1. The van der Waals surface area contributed by atoms with E-state index in [1.807, 2.05) is 48.7 Å².